The van der Waals surface area contributed by atoms with Crippen LogP contribution in [0.15, 0.2) is 29.2 Å². The molecular weight excluding hydrogens is 342 g/mol. The zero-order valence-electron chi connectivity index (χ0n) is 13.9. The first-order chi connectivity index (χ1) is 11.8. The Morgan fingerprint density at radius 2 is 1.76 bits per heavy atom. The molecule has 0 radical (unpaired) electrons. The molecule has 0 spiro atoms. The van der Waals surface area contributed by atoms with E-state index in [1.165, 1.54) is 0 Å². The zero-order valence-corrected chi connectivity index (χ0v) is 14.7. The number of benzene rings is 1. The zero-order chi connectivity index (χ0) is 18.2. The smallest absolute Gasteiger partial charge is 0.314 e. The first kappa shape index (κ1) is 17.7. The highest BCUT2D eigenvalue weighted by molar-refractivity contribution is 7.92. The molecule has 1 heterocycles. The van der Waals surface area contributed by atoms with Gasteiger partial charge in [0.25, 0.3) is 0 Å². The number of nitrogens with two attached hydrogens (primary N) is 2. The summed E-state index contributed by atoms with van der Waals surface area (Å²) in [5.41, 5.74) is 11.6. The molecule has 2 fully saturated rings. The fraction of sp³-hybridized carbons (Fsp3) is 0.529. The first-order valence-electron chi connectivity index (χ1n) is 8.46. The lowest BCUT2D eigenvalue weighted by atomic mass is 9.88. The quantitative estimate of drug-likeness (QED) is 0.780. The van der Waals surface area contributed by atoms with E-state index in [1.54, 1.807) is 29.2 Å². The molecule has 136 valence electrons. The number of urea groups is 1. The van der Waals surface area contributed by atoms with Gasteiger partial charge in [-0.1, -0.05) is 12.1 Å². The molecule has 1 aromatic carbocycles. The van der Waals surface area contributed by atoms with Crippen molar-refractivity contribution in [1.82, 2.24) is 4.90 Å². The van der Waals surface area contributed by atoms with E-state index in [4.69, 9.17) is 11.5 Å². The van der Waals surface area contributed by atoms with Crippen LogP contribution in [0.2, 0.25) is 0 Å². The Labute approximate surface area is 147 Å². The van der Waals surface area contributed by atoms with Crippen LogP contribution in [0.1, 0.15) is 37.2 Å². The number of carbonyl (C=O) groups is 2. The van der Waals surface area contributed by atoms with Crippen molar-refractivity contribution in [3.05, 3.63) is 29.8 Å². The van der Waals surface area contributed by atoms with Crippen LogP contribution in [-0.2, 0) is 14.6 Å². The molecule has 3 amide bonds. The Morgan fingerprint density at radius 1 is 1.12 bits per heavy atom. The van der Waals surface area contributed by atoms with Gasteiger partial charge in [0.15, 0.2) is 9.84 Å². The molecular formula is C17H23N3O4S. The number of sulfone groups is 1. The highest BCUT2D eigenvalue weighted by Gasteiger charge is 2.37. The lowest BCUT2D eigenvalue weighted by Gasteiger charge is -2.19. The van der Waals surface area contributed by atoms with Crippen molar-refractivity contribution in [3.63, 3.8) is 0 Å². The Kier molecular flexibility index (Phi) is 4.73. The van der Waals surface area contributed by atoms with Crippen molar-refractivity contribution in [2.45, 2.75) is 41.7 Å². The summed E-state index contributed by atoms with van der Waals surface area (Å²) >= 11 is 0. The Morgan fingerprint density at radius 3 is 2.24 bits per heavy atom. The predicted octanol–water partition coefficient (Wildman–Crippen LogP) is 0.982. The molecule has 7 nitrogen and oxygen atoms in total. The maximum absolute atomic E-state index is 12.2. The number of hydrogen-bond acceptors (Lipinski definition) is 4. The maximum atomic E-state index is 12.2. The van der Waals surface area contributed by atoms with Gasteiger partial charge in [-0.15, -0.1) is 0 Å². The molecule has 1 saturated carbocycles. The van der Waals surface area contributed by atoms with E-state index in [2.05, 4.69) is 0 Å². The van der Waals surface area contributed by atoms with Crippen LogP contribution in [0.25, 0.3) is 0 Å². The maximum Gasteiger partial charge on any atom is 0.314 e. The summed E-state index contributed by atoms with van der Waals surface area (Å²) in [6.45, 7) is 1.11. The third kappa shape index (κ3) is 3.78. The Bertz CT molecular complexity index is 772. The Hall–Kier alpha value is -2.09. The normalized spacial score (nSPS) is 21.9. The third-order valence-electron chi connectivity index (χ3n) is 5.08. The topological polar surface area (TPSA) is 124 Å². The van der Waals surface area contributed by atoms with Gasteiger partial charge in [-0.25, -0.2) is 13.2 Å². The minimum Gasteiger partial charge on any atom is -0.369 e. The number of rotatable bonds is 6. The largest absolute Gasteiger partial charge is 0.369 e. The second-order valence-electron chi connectivity index (χ2n) is 6.94. The van der Waals surface area contributed by atoms with Crippen molar-refractivity contribution in [3.8, 4) is 0 Å². The first-order valence-corrected chi connectivity index (χ1v) is 10.0. The van der Waals surface area contributed by atoms with E-state index in [1.807, 2.05) is 0 Å². The molecule has 4 N–H and O–H groups in total. The monoisotopic (exact) mass is 365 g/mol. The summed E-state index contributed by atoms with van der Waals surface area (Å²) < 4.78 is 24.5. The van der Waals surface area contributed by atoms with Crippen molar-refractivity contribution in [2.75, 3.05) is 13.1 Å². The molecule has 1 aliphatic heterocycles. The molecule has 1 saturated heterocycles. The molecule has 8 heteroatoms. The van der Waals surface area contributed by atoms with Gasteiger partial charge in [0.1, 0.15) is 0 Å². The SMILES string of the molecule is NC(=O)[C@H](C[C@H]1CCN(C(N)=O)C1)c1ccc(S(=O)(=O)C2CC2)cc1. The lowest BCUT2D eigenvalue weighted by Crippen LogP contribution is -2.34. The average Bonchev–Trinajstić information content (AvgIpc) is 3.32. The third-order valence-corrected chi connectivity index (χ3v) is 7.36. The molecule has 0 bridgehead atoms. The minimum atomic E-state index is -3.24. The molecule has 3 rings (SSSR count). The van der Waals surface area contributed by atoms with Crippen LogP contribution >= 0.6 is 0 Å². The van der Waals surface area contributed by atoms with Gasteiger partial charge in [0, 0.05) is 13.1 Å². The number of likely N-dealkylation sites (tertiary alicyclic amines) is 1. The molecule has 2 aliphatic rings. The number of hydrogen-bond donors (Lipinski definition) is 2. The summed E-state index contributed by atoms with van der Waals surface area (Å²) in [7, 11) is -3.24. The van der Waals surface area contributed by atoms with Crippen LogP contribution in [0.3, 0.4) is 0 Å². The molecule has 1 aromatic rings. The van der Waals surface area contributed by atoms with Gasteiger partial charge >= 0.3 is 6.03 Å². The van der Waals surface area contributed by atoms with E-state index in [0.29, 0.717) is 42.8 Å². The van der Waals surface area contributed by atoms with Crippen molar-refractivity contribution < 1.29 is 18.0 Å². The van der Waals surface area contributed by atoms with Gasteiger partial charge in [0.05, 0.1) is 16.1 Å². The minimum absolute atomic E-state index is 0.153. The van der Waals surface area contributed by atoms with E-state index >= 15 is 0 Å². The van der Waals surface area contributed by atoms with Gasteiger partial charge in [0.2, 0.25) is 5.91 Å². The summed E-state index contributed by atoms with van der Waals surface area (Å²) in [5.74, 6) is -0.800. The van der Waals surface area contributed by atoms with Crippen molar-refractivity contribution in [1.29, 1.82) is 0 Å². The van der Waals surface area contributed by atoms with Crippen LogP contribution in [0, 0.1) is 5.92 Å². The molecule has 0 aromatic heterocycles. The van der Waals surface area contributed by atoms with Crippen LogP contribution in [-0.4, -0.2) is 43.6 Å². The number of amides is 3. The summed E-state index contributed by atoms with van der Waals surface area (Å²) in [5, 5.41) is -0.261. The number of carbonyl (C=O) groups excluding carboxylic acids is 2. The molecule has 0 unspecified atom stereocenters. The van der Waals surface area contributed by atoms with Gasteiger partial charge in [-0.3, -0.25) is 4.79 Å². The van der Waals surface area contributed by atoms with Gasteiger partial charge in [-0.05, 0) is 49.3 Å². The molecule has 1 aliphatic carbocycles. The summed E-state index contributed by atoms with van der Waals surface area (Å²) in [6.07, 6.45) is 2.73. The van der Waals surface area contributed by atoms with Crippen molar-refractivity contribution >= 4 is 21.8 Å². The van der Waals surface area contributed by atoms with Crippen LogP contribution < -0.4 is 11.5 Å². The second kappa shape index (κ2) is 6.67. The molecule has 25 heavy (non-hydrogen) atoms. The summed E-state index contributed by atoms with van der Waals surface area (Å²) in [4.78, 5) is 25.0. The van der Waals surface area contributed by atoms with E-state index in [0.717, 1.165) is 6.42 Å². The predicted molar refractivity (Wildman–Crippen MR) is 92.5 cm³/mol. The highest BCUT2D eigenvalue weighted by Crippen LogP contribution is 2.35. The lowest BCUT2D eigenvalue weighted by molar-refractivity contribution is -0.119. The van der Waals surface area contributed by atoms with E-state index in [9.17, 15) is 18.0 Å². The van der Waals surface area contributed by atoms with Crippen molar-refractivity contribution in [2.24, 2.45) is 17.4 Å². The number of primary amides is 2. The van der Waals surface area contributed by atoms with E-state index in [-0.39, 0.29) is 11.2 Å². The standard InChI is InChI=1S/C17H23N3O4S/c18-16(21)15(9-11-7-8-20(10-11)17(19)22)12-1-3-13(4-2-12)25(23,24)14-5-6-14/h1-4,11,14-15H,5-10H2,(H2,18,21)(H2,19,22)/t11-,15-/m1/s1. The van der Waals surface area contributed by atoms with Gasteiger partial charge < -0.3 is 16.4 Å². The number of nitrogens with zero attached hydrogens (tertiary/aromatic N) is 1. The molecule has 2 atom stereocenters. The Balaban J connectivity index is 1.73. The van der Waals surface area contributed by atoms with Gasteiger partial charge in [-0.2, -0.15) is 0 Å². The summed E-state index contributed by atoms with van der Waals surface area (Å²) in [6, 6.07) is 6.01. The van der Waals surface area contributed by atoms with Crippen LogP contribution in [0.5, 0.6) is 0 Å². The highest BCUT2D eigenvalue weighted by atomic mass is 32.2. The second-order valence-corrected chi connectivity index (χ2v) is 9.17. The van der Waals surface area contributed by atoms with E-state index < -0.39 is 27.7 Å². The fourth-order valence-corrected chi connectivity index (χ4v) is 5.09. The van der Waals surface area contributed by atoms with Crippen LogP contribution in [0.4, 0.5) is 4.79 Å². The average molecular weight is 365 g/mol. The fourth-order valence-electron chi connectivity index (χ4n) is 3.44.